The first-order chi connectivity index (χ1) is 31.9. The van der Waals surface area contributed by atoms with Gasteiger partial charge in [0.15, 0.2) is 0 Å². The molecule has 22 heteroatoms. The van der Waals surface area contributed by atoms with Crippen molar-refractivity contribution in [1.82, 2.24) is 41.9 Å². The molecule has 0 aliphatic rings. The van der Waals surface area contributed by atoms with Crippen molar-refractivity contribution in [1.29, 1.82) is 0 Å². The van der Waals surface area contributed by atoms with Gasteiger partial charge in [0.2, 0.25) is 41.4 Å². The molecule has 0 bridgehead atoms. The quantitative estimate of drug-likeness (QED) is 0.0334. The number of primary amides is 1. The number of hydrogen-bond acceptors (Lipinski definition) is 13. The smallest absolute Gasteiger partial charge is 0.305 e. The van der Waals surface area contributed by atoms with Gasteiger partial charge in [0.25, 0.3) is 0 Å². The van der Waals surface area contributed by atoms with Gasteiger partial charge in [0, 0.05) is 36.8 Å². The number of carboxylic acid groups (broad SMARTS) is 1. The molecule has 0 unspecified atom stereocenters. The van der Waals surface area contributed by atoms with Gasteiger partial charge in [-0.3, -0.25) is 38.4 Å². The van der Waals surface area contributed by atoms with Crippen molar-refractivity contribution in [2.75, 3.05) is 17.7 Å². The topological polar surface area (TPSA) is 356 Å². The SMILES string of the molecule is CSCC[C@H](NC(=O)[C@H](Cc1ccc(N)cc1)NC(=O)[C@H](Cc1cnc[nH]1)NC(=O)[C@H](Cc1ccccc1)NC(=O)[C@@H](C)NC(=O)[C@@H](N)Cc1ccc(O)cc1)C(=O)N[C@@H](CC(=O)O)C(N)=O. The lowest BCUT2D eigenvalue weighted by Crippen LogP contribution is -2.60. The predicted octanol–water partition coefficient (Wildman–Crippen LogP) is -1.06. The third-order valence-corrected chi connectivity index (χ3v) is 11.0. The highest BCUT2D eigenvalue weighted by Gasteiger charge is 2.34. The third kappa shape index (κ3) is 17.5. The summed E-state index contributed by atoms with van der Waals surface area (Å²) in [5.74, 6) is -6.82. The molecule has 15 N–H and O–H groups in total. The van der Waals surface area contributed by atoms with Crippen LogP contribution >= 0.6 is 11.8 Å². The summed E-state index contributed by atoms with van der Waals surface area (Å²) in [4.78, 5) is 113. The molecule has 0 saturated carbocycles. The molecule has 21 nitrogen and oxygen atoms in total. The monoisotopic (exact) mass is 943 g/mol. The first kappa shape index (κ1) is 52.2. The van der Waals surface area contributed by atoms with Crippen LogP contribution < -0.4 is 49.1 Å². The van der Waals surface area contributed by atoms with Gasteiger partial charge in [-0.2, -0.15) is 11.8 Å². The average Bonchev–Trinajstić information content (AvgIpc) is 3.81. The summed E-state index contributed by atoms with van der Waals surface area (Å²) in [5.41, 5.74) is 20.1. The zero-order chi connectivity index (χ0) is 49.0. The van der Waals surface area contributed by atoms with E-state index in [1.54, 1.807) is 73.0 Å². The number of aromatic hydroxyl groups is 1. The first-order valence-corrected chi connectivity index (χ1v) is 22.5. The van der Waals surface area contributed by atoms with Crippen LogP contribution in [0.25, 0.3) is 0 Å². The summed E-state index contributed by atoms with van der Waals surface area (Å²) >= 11 is 1.35. The Balaban J connectivity index is 1.58. The van der Waals surface area contributed by atoms with Crippen LogP contribution in [0.2, 0.25) is 0 Å². The maximum Gasteiger partial charge on any atom is 0.305 e. The second-order valence-electron chi connectivity index (χ2n) is 15.7. The number of phenols is 1. The van der Waals surface area contributed by atoms with E-state index in [4.69, 9.17) is 17.2 Å². The van der Waals surface area contributed by atoms with Crippen molar-refractivity contribution in [3.63, 3.8) is 0 Å². The molecule has 3 aromatic carbocycles. The summed E-state index contributed by atoms with van der Waals surface area (Å²) < 4.78 is 0. The van der Waals surface area contributed by atoms with E-state index < -0.39 is 96.0 Å². The normalized spacial score (nSPS) is 14.1. The summed E-state index contributed by atoms with van der Waals surface area (Å²) in [6.45, 7) is 1.42. The van der Waals surface area contributed by atoms with Crippen LogP contribution in [0.1, 0.15) is 42.1 Å². The molecule has 0 spiro atoms. The summed E-state index contributed by atoms with van der Waals surface area (Å²) in [7, 11) is 0. The largest absolute Gasteiger partial charge is 0.508 e. The zero-order valence-corrected chi connectivity index (χ0v) is 37.7. The highest BCUT2D eigenvalue weighted by atomic mass is 32.2. The Hall–Kier alpha value is -7.46. The van der Waals surface area contributed by atoms with E-state index in [2.05, 4.69) is 41.9 Å². The molecule has 1 aromatic heterocycles. The van der Waals surface area contributed by atoms with E-state index >= 15 is 0 Å². The lowest BCUT2D eigenvalue weighted by molar-refractivity contribution is -0.140. The van der Waals surface area contributed by atoms with Crippen LogP contribution in [0.5, 0.6) is 5.75 Å². The number of rotatable bonds is 26. The van der Waals surface area contributed by atoms with Crippen LogP contribution in [-0.4, -0.2) is 122 Å². The Labute approximate surface area is 390 Å². The maximum absolute atomic E-state index is 14.4. The Morgan fingerprint density at radius 3 is 1.67 bits per heavy atom. The Kier molecular flexibility index (Phi) is 20.2. The summed E-state index contributed by atoms with van der Waals surface area (Å²) in [5, 5.41) is 34.4. The number of anilines is 1. The summed E-state index contributed by atoms with van der Waals surface area (Å²) in [6.07, 6.45) is 3.59. The second-order valence-corrected chi connectivity index (χ2v) is 16.7. The van der Waals surface area contributed by atoms with Crippen LogP contribution in [0.15, 0.2) is 91.4 Å². The number of aromatic amines is 1. The molecule has 0 aliphatic carbocycles. The van der Waals surface area contributed by atoms with Crippen LogP contribution in [-0.2, 0) is 64.0 Å². The van der Waals surface area contributed by atoms with E-state index in [9.17, 15) is 48.6 Å². The third-order valence-electron chi connectivity index (χ3n) is 10.3. The molecule has 4 rings (SSSR count). The number of nitrogens with zero attached hydrogens (tertiary/aromatic N) is 1. The number of carbonyl (C=O) groups is 8. The number of amides is 7. The summed E-state index contributed by atoms with van der Waals surface area (Å²) in [6, 6.07) is 12.1. The van der Waals surface area contributed by atoms with E-state index in [-0.39, 0.29) is 37.9 Å². The number of carbonyl (C=O) groups excluding carboxylic acids is 7. The van der Waals surface area contributed by atoms with Crippen LogP contribution in [0.4, 0.5) is 5.69 Å². The van der Waals surface area contributed by atoms with E-state index in [0.29, 0.717) is 33.8 Å². The molecule has 4 aromatic rings. The molecule has 0 radical (unpaired) electrons. The molecular weight excluding hydrogens is 887 g/mol. The molecule has 7 atom stereocenters. The molecule has 358 valence electrons. The van der Waals surface area contributed by atoms with Crippen molar-refractivity contribution in [3.8, 4) is 5.75 Å². The van der Waals surface area contributed by atoms with E-state index in [1.165, 1.54) is 43.3 Å². The Morgan fingerprint density at radius 2 is 1.13 bits per heavy atom. The molecule has 0 aliphatic heterocycles. The van der Waals surface area contributed by atoms with Gasteiger partial charge in [-0.25, -0.2) is 4.98 Å². The number of phenolic OH excluding ortho intramolecular Hbond substituents is 1. The van der Waals surface area contributed by atoms with E-state index in [1.807, 2.05) is 0 Å². The van der Waals surface area contributed by atoms with Gasteiger partial charge < -0.3 is 64.3 Å². The predicted molar refractivity (Wildman–Crippen MR) is 248 cm³/mol. The standard InChI is InChI=1S/C45H57N11O10S/c1-25(51-41(62)32(47)18-27-10-14-31(57)15-11-27)40(61)54-35(19-26-6-4-3-5-7-26)44(65)56-37(21-30-23-49-24-50-30)45(66)55-36(20-28-8-12-29(46)13-9-28)43(64)52-33(16-17-67-2)42(63)53-34(39(48)60)22-38(58)59/h3-15,23-25,32-37,57H,16-22,46-47H2,1-2H3,(H2,48,60)(H,49,50)(H,51,62)(H,52,64)(H,53,63)(H,54,61)(H,55,66)(H,56,65)(H,58,59)/t25-,32+,33+,34+,35+,36+,37+/m1/s1. The molecular formula is C45H57N11O10S. The highest BCUT2D eigenvalue weighted by molar-refractivity contribution is 7.98. The number of aliphatic carboxylic acids is 1. The first-order valence-electron chi connectivity index (χ1n) is 21.1. The van der Waals surface area contributed by atoms with Crippen LogP contribution in [0.3, 0.4) is 0 Å². The van der Waals surface area contributed by atoms with E-state index in [0.717, 1.165) is 0 Å². The number of aromatic nitrogens is 2. The number of H-pyrrole nitrogens is 1. The number of hydrogen-bond donors (Lipinski definition) is 12. The lowest BCUT2D eigenvalue weighted by atomic mass is 10.0. The van der Waals surface area contributed by atoms with Gasteiger partial charge in [0.1, 0.15) is 42.0 Å². The molecule has 1 heterocycles. The average molecular weight is 944 g/mol. The van der Waals surface area contributed by atoms with Crippen molar-refractivity contribution in [2.24, 2.45) is 11.5 Å². The minimum atomic E-state index is -1.57. The number of thioether (sulfide) groups is 1. The number of nitrogens with two attached hydrogens (primary N) is 3. The van der Waals surface area contributed by atoms with Gasteiger partial charge >= 0.3 is 5.97 Å². The van der Waals surface area contributed by atoms with Crippen molar-refractivity contribution < 1.29 is 48.6 Å². The lowest BCUT2D eigenvalue weighted by Gasteiger charge is -2.27. The molecule has 7 amide bonds. The van der Waals surface area contributed by atoms with Gasteiger partial charge in [-0.05, 0) is 72.7 Å². The van der Waals surface area contributed by atoms with Crippen molar-refractivity contribution in [2.45, 2.75) is 87.7 Å². The Bertz CT molecular complexity index is 2300. The highest BCUT2D eigenvalue weighted by Crippen LogP contribution is 2.13. The molecule has 0 saturated heterocycles. The number of nitrogen functional groups attached to an aromatic ring is 1. The fraction of sp³-hybridized carbons (Fsp3) is 0.356. The van der Waals surface area contributed by atoms with Crippen LogP contribution in [0, 0.1) is 0 Å². The molecule has 67 heavy (non-hydrogen) atoms. The Morgan fingerprint density at radius 1 is 0.642 bits per heavy atom. The molecule has 0 fully saturated rings. The fourth-order valence-corrected chi connectivity index (χ4v) is 7.11. The number of benzene rings is 3. The minimum absolute atomic E-state index is 0.0391. The second kappa shape index (κ2) is 25.9. The number of carboxylic acids is 1. The van der Waals surface area contributed by atoms with Gasteiger partial charge in [0.05, 0.1) is 18.8 Å². The zero-order valence-electron chi connectivity index (χ0n) is 36.9. The maximum atomic E-state index is 14.4. The van der Waals surface area contributed by atoms with Gasteiger partial charge in [-0.15, -0.1) is 0 Å². The van der Waals surface area contributed by atoms with Crippen molar-refractivity contribution in [3.05, 3.63) is 114 Å². The fourth-order valence-electron chi connectivity index (χ4n) is 6.64. The van der Waals surface area contributed by atoms with Crippen molar-refractivity contribution >= 4 is 64.8 Å². The van der Waals surface area contributed by atoms with Gasteiger partial charge in [-0.1, -0.05) is 54.6 Å². The minimum Gasteiger partial charge on any atom is -0.508 e. The number of imidazole rings is 1. The number of nitrogens with one attached hydrogen (secondary N) is 7.